The van der Waals surface area contributed by atoms with E-state index in [2.05, 4.69) is 5.80 Å². The van der Waals surface area contributed by atoms with E-state index in [0.717, 1.165) is 0 Å². The van der Waals surface area contributed by atoms with Crippen molar-refractivity contribution < 1.29 is 37.2 Å². The summed E-state index contributed by atoms with van der Waals surface area (Å²) in [5, 5.41) is 0. The zero-order valence-electron chi connectivity index (χ0n) is 5.39. The van der Waals surface area contributed by atoms with Gasteiger partial charge in [-0.05, 0) is 0 Å². The Labute approximate surface area is 77.3 Å². The van der Waals surface area contributed by atoms with Gasteiger partial charge in [0.2, 0.25) is 0 Å². The molecule has 2 N–H and O–H groups in total. The summed E-state index contributed by atoms with van der Waals surface area (Å²) in [6.07, 6.45) is 0. The molecule has 0 spiro atoms. The van der Waals surface area contributed by atoms with Crippen LogP contribution in [0.25, 0.3) is 0 Å². The number of hydrogen-bond donors (Lipinski definition) is 2. The van der Waals surface area contributed by atoms with E-state index in [4.69, 9.17) is 8.38 Å². The molecule has 0 saturated carbocycles. The van der Waals surface area contributed by atoms with Gasteiger partial charge in [-0.3, -0.25) is 0 Å². The third-order valence-electron chi connectivity index (χ3n) is 0.339. The van der Waals surface area contributed by atoms with Gasteiger partial charge < -0.3 is 0 Å². The third kappa shape index (κ3) is 8.53. The van der Waals surface area contributed by atoms with Crippen molar-refractivity contribution in [3.8, 4) is 0 Å². The molecule has 13 heavy (non-hydrogen) atoms. The monoisotopic (exact) mass is 402 g/mol. The van der Waals surface area contributed by atoms with Crippen molar-refractivity contribution in [2.24, 2.45) is 0 Å². The Morgan fingerprint density at radius 1 is 0.692 bits per heavy atom. The average Bonchev–Trinajstić information content (AvgIpc) is 1.43. The molecule has 0 bridgehead atoms. The zero-order valence-corrected chi connectivity index (χ0v) is 10.5. The standard InChI is InChI=1S/H2O10Se3/c1-11(2,3)9-13(7,8)10-12(4,5)6/h(H,1,2,3)(H,4,5,6). The van der Waals surface area contributed by atoms with Gasteiger partial charge in [0.15, 0.2) is 0 Å². The van der Waals surface area contributed by atoms with Gasteiger partial charge in [-0.2, -0.15) is 0 Å². The molecule has 80 valence electrons. The van der Waals surface area contributed by atoms with Crippen LogP contribution in [0.5, 0.6) is 0 Å². The van der Waals surface area contributed by atoms with Crippen LogP contribution in [0.1, 0.15) is 0 Å². The number of rotatable bonds is 4. The molecule has 0 unspecified atom stereocenters. The van der Waals surface area contributed by atoms with Crippen LogP contribution in [0.4, 0.5) is 0 Å². The summed E-state index contributed by atoms with van der Waals surface area (Å²) in [5.41, 5.74) is 0. The van der Waals surface area contributed by atoms with Crippen molar-refractivity contribution in [3.63, 3.8) is 0 Å². The molecule has 0 aliphatic heterocycles. The summed E-state index contributed by atoms with van der Waals surface area (Å²) < 4.78 is 81.4. The predicted octanol–water partition coefficient (Wildman–Crippen LogP) is -3.11. The van der Waals surface area contributed by atoms with Crippen molar-refractivity contribution in [2.75, 3.05) is 0 Å². The molecule has 0 aromatic rings. The van der Waals surface area contributed by atoms with E-state index in [-0.39, 0.29) is 0 Å². The van der Waals surface area contributed by atoms with Gasteiger partial charge >= 0.3 is 77.3 Å². The molecule has 0 aliphatic rings. The quantitative estimate of drug-likeness (QED) is 0.463. The van der Waals surface area contributed by atoms with Crippen molar-refractivity contribution in [3.05, 3.63) is 0 Å². The summed E-state index contributed by atoms with van der Waals surface area (Å²) in [7, 11) is 0. The van der Waals surface area contributed by atoms with E-state index in [0.29, 0.717) is 0 Å². The Morgan fingerprint density at radius 2 is 0.923 bits per heavy atom. The first-order valence-corrected chi connectivity index (χ1v) is 10.6. The second-order valence-corrected chi connectivity index (χ2v) is 10.2. The second kappa shape index (κ2) is 3.75. The normalized spacial score (nSPS) is 14.3. The molecular weight excluding hydrogens is 397 g/mol. The molecule has 0 heterocycles. The molecule has 13 heteroatoms. The summed E-state index contributed by atoms with van der Waals surface area (Å²) in [5.74, 6) is 0. The van der Waals surface area contributed by atoms with Gasteiger partial charge in [0.25, 0.3) is 0 Å². The van der Waals surface area contributed by atoms with Gasteiger partial charge in [0, 0.05) is 0 Å². The van der Waals surface area contributed by atoms with Crippen LogP contribution in [-0.2, 0) is 28.8 Å². The van der Waals surface area contributed by atoms with E-state index in [1.807, 2.05) is 0 Å². The van der Waals surface area contributed by atoms with Crippen LogP contribution < -0.4 is 0 Å². The van der Waals surface area contributed by atoms with Crippen LogP contribution in [0.3, 0.4) is 0 Å². The van der Waals surface area contributed by atoms with Gasteiger partial charge in [-0.15, -0.1) is 0 Å². The molecule has 0 aromatic heterocycles. The fraction of sp³-hybridized carbons (Fsp3) is 0. The second-order valence-electron chi connectivity index (χ2n) is 1.40. The van der Waals surface area contributed by atoms with Crippen molar-refractivity contribution in [1.29, 1.82) is 0 Å². The van der Waals surface area contributed by atoms with Crippen LogP contribution in [-0.4, -0.2) is 48.5 Å². The molecule has 0 saturated heterocycles. The molecule has 0 rings (SSSR count). The molecule has 0 amide bonds. The predicted molar refractivity (Wildman–Crippen MR) is 28.0 cm³/mol. The first-order chi connectivity index (χ1) is 5.41. The van der Waals surface area contributed by atoms with Gasteiger partial charge in [0.05, 0.1) is 0 Å². The molecule has 0 atom stereocenters. The summed E-state index contributed by atoms with van der Waals surface area (Å²) >= 11 is -18.5. The molecule has 10 nitrogen and oxygen atoms in total. The fourth-order valence-electron chi connectivity index (χ4n) is 0.222. The topological polar surface area (TPSA) is 161 Å². The molecule has 0 fully saturated rings. The fourth-order valence-corrected chi connectivity index (χ4v) is 7.28. The summed E-state index contributed by atoms with van der Waals surface area (Å²) in [4.78, 5) is 0. The average molecular weight is 399 g/mol. The van der Waals surface area contributed by atoms with Crippen LogP contribution >= 0.6 is 0 Å². The molecule has 0 aliphatic carbocycles. The van der Waals surface area contributed by atoms with E-state index in [1.54, 1.807) is 0 Å². The molecule has 0 aromatic carbocycles. The van der Waals surface area contributed by atoms with Crippen LogP contribution in [0, 0.1) is 0 Å². The van der Waals surface area contributed by atoms with Gasteiger partial charge in [-0.25, -0.2) is 0 Å². The Kier molecular flexibility index (Phi) is 3.81. The van der Waals surface area contributed by atoms with Crippen LogP contribution in [0.15, 0.2) is 0 Å². The Hall–Kier alpha value is 0.198. The SMILES string of the molecule is O=[Se](=O)(O)O[Se](=O)(=O)O[Se](=O)(=O)O. The zero-order chi connectivity index (χ0) is 10.9. The molecule has 0 radical (unpaired) electrons. The Balaban J connectivity index is 4.86. The van der Waals surface area contributed by atoms with Crippen LogP contribution in [0.2, 0.25) is 0 Å². The van der Waals surface area contributed by atoms with Gasteiger partial charge in [-0.1, -0.05) is 0 Å². The molecular formula is H2O10Se3. The first-order valence-electron chi connectivity index (χ1n) is 2.03. The third-order valence-corrected chi connectivity index (χ3v) is 9.14. The van der Waals surface area contributed by atoms with E-state index < -0.39 is 40.1 Å². The van der Waals surface area contributed by atoms with E-state index in [9.17, 15) is 23.0 Å². The van der Waals surface area contributed by atoms with Crippen molar-refractivity contribution in [1.82, 2.24) is 0 Å². The van der Waals surface area contributed by atoms with Gasteiger partial charge in [0.1, 0.15) is 0 Å². The number of hydrogen-bond acceptors (Lipinski definition) is 8. The van der Waals surface area contributed by atoms with E-state index in [1.165, 1.54) is 0 Å². The Bertz CT molecular complexity index is 414. The van der Waals surface area contributed by atoms with E-state index >= 15 is 0 Å². The van der Waals surface area contributed by atoms with Crippen molar-refractivity contribution in [2.45, 2.75) is 0 Å². The minimum absolute atomic E-state index is 2.90. The maximum atomic E-state index is 10.2. The maximum absolute atomic E-state index is 10.2. The summed E-state index contributed by atoms with van der Waals surface area (Å²) in [6, 6.07) is 0. The summed E-state index contributed by atoms with van der Waals surface area (Å²) in [6.45, 7) is 0. The van der Waals surface area contributed by atoms with Crippen molar-refractivity contribution >= 4 is 40.1 Å². The first kappa shape index (κ1) is 13.2. The minimum atomic E-state index is -6.27. The Morgan fingerprint density at radius 3 is 1.08 bits per heavy atom.